The molecule has 0 atom stereocenters. The van der Waals surface area contributed by atoms with Crippen molar-refractivity contribution < 1.29 is 0 Å². The van der Waals surface area contributed by atoms with Crippen LogP contribution in [0, 0.1) is 0 Å². The lowest BCUT2D eigenvalue weighted by molar-refractivity contribution is 1.21. The summed E-state index contributed by atoms with van der Waals surface area (Å²) in [7, 11) is 1.81. The Labute approximate surface area is 56.0 Å². The van der Waals surface area contributed by atoms with Gasteiger partial charge in [0.25, 0.3) is 0 Å². The Morgan fingerprint density at radius 3 is 2.67 bits per heavy atom. The van der Waals surface area contributed by atoms with Crippen molar-refractivity contribution in [2.45, 2.75) is 6.92 Å². The fourth-order valence-electron chi connectivity index (χ4n) is 0.328. The summed E-state index contributed by atoms with van der Waals surface area (Å²) in [6, 6.07) is 0. The minimum Gasteiger partial charge on any atom is -0.379 e. The van der Waals surface area contributed by atoms with E-state index in [1.165, 1.54) is 0 Å². The van der Waals surface area contributed by atoms with Gasteiger partial charge in [-0.1, -0.05) is 12.2 Å². The van der Waals surface area contributed by atoms with Crippen LogP contribution >= 0.6 is 0 Å². The van der Waals surface area contributed by atoms with Crippen molar-refractivity contribution in [2.24, 2.45) is 4.99 Å². The maximum Gasteiger partial charge on any atom is 0.0876 e. The molecule has 0 fully saturated rings. The quantitative estimate of drug-likeness (QED) is 0.342. The molecule has 0 saturated heterocycles. The summed E-state index contributed by atoms with van der Waals surface area (Å²) in [6.07, 6.45) is 9.09. The van der Waals surface area contributed by atoms with Crippen LogP contribution in [-0.4, -0.2) is 13.4 Å². The van der Waals surface area contributed by atoms with E-state index in [1.807, 2.05) is 32.2 Å². The fourth-order valence-corrected chi connectivity index (χ4v) is 0.328. The van der Waals surface area contributed by atoms with Gasteiger partial charge in [-0.05, 0) is 13.0 Å². The lowest BCUT2D eigenvalue weighted by Gasteiger charge is -1.78. The van der Waals surface area contributed by atoms with Crippen LogP contribution in [0.3, 0.4) is 0 Å². The maximum atomic E-state index is 3.86. The summed E-state index contributed by atoms with van der Waals surface area (Å²) in [5.74, 6) is 0. The second kappa shape index (κ2) is 6.95. The third kappa shape index (κ3) is 6.95. The van der Waals surface area contributed by atoms with Gasteiger partial charge in [0.15, 0.2) is 0 Å². The molecular formula is C7H12N2. The standard InChI is InChI=1S/C7H12N2/c1-3-4-5-6-9-7-8-2/h3-7H,1-2H3,(H,8,9)/b4-3+,6-5-. The summed E-state index contributed by atoms with van der Waals surface area (Å²) in [4.78, 5) is 3.86. The van der Waals surface area contributed by atoms with Gasteiger partial charge < -0.3 is 5.32 Å². The summed E-state index contributed by atoms with van der Waals surface area (Å²) < 4.78 is 0. The van der Waals surface area contributed by atoms with Crippen LogP contribution < -0.4 is 5.32 Å². The van der Waals surface area contributed by atoms with Crippen LogP contribution in [0.15, 0.2) is 29.4 Å². The van der Waals surface area contributed by atoms with Crippen molar-refractivity contribution >= 4 is 6.34 Å². The van der Waals surface area contributed by atoms with Crippen LogP contribution in [-0.2, 0) is 0 Å². The Bertz CT molecular complexity index is 123. The molecule has 50 valence electrons. The average molecular weight is 124 g/mol. The Morgan fingerprint density at radius 1 is 1.33 bits per heavy atom. The van der Waals surface area contributed by atoms with Gasteiger partial charge in [-0.3, -0.25) is 0 Å². The highest BCUT2D eigenvalue weighted by Crippen LogP contribution is 1.75. The Morgan fingerprint density at radius 2 is 2.11 bits per heavy atom. The highest BCUT2D eigenvalue weighted by Gasteiger charge is 1.58. The number of allylic oxidation sites excluding steroid dienone is 3. The molecule has 0 aromatic carbocycles. The van der Waals surface area contributed by atoms with E-state index >= 15 is 0 Å². The normalized spacial score (nSPS) is 12.2. The predicted octanol–water partition coefficient (Wildman–Crippen LogP) is 1.32. The van der Waals surface area contributed by atoms with Gasteiger partial charge in [-0.2, -0.15) is 0 Å². The topological polar surface area (TPSA) is 24.4 Å². The molecule has 2 nitrogen and oxygen atoms in total. The van der Waals surface area contributed by atoms with Crippen LogP contribution in [0.5, 0.6) is 0 Å². The zero-order valence-corrected chi connectivity index (χ0v) is 5.83. The molecule has 0 aliphatic heterocycles. The Kier molecular flexibility index (Phi) is 6.14. The second-order valence-electron chi connectivity index (χ2n) is 1.43. The molecule has 2 heteroatoms. The molecule has 1 N–H and O–H groups in total. The first-order chi connectivity index (χ1) is 4.41. The molecule has 0 aromatic rings. The lowest BCUT2D eigenvalue weighted by Crippen LogP contribution is -1.98. The van der Waals surface area contributed by atoms with Crippen molar-refractivity contribution in [2.75, 3.05) is 7.05 Å². The molecule has 0 heterocycles. The van der Waals surface area contributed by atoms with E-state index in [2.05, 4.69) is 10.3 Å². The predicted molar refractivity (Wildman–Crippen MR) is 41.5 cm³/mol. The molecule has 0 saturated carbocycles. The van der Waals surface area contributed by atoms with Gasteiger partial charge in [-0.15, -0.1) is 0 Å². The molecule has 0 aromatic heterocycles. The van der Waals surface area contributed by atoms with E-state index in [0.717, 1.165) is 0 Å². The number of rotatable bonds is 3. The monoisotopic (exact) mass is 124 g/mol. The lowest BCUT2D eigenvalue weighted by atomic mass is 10.5. The molecule has 0 spiro atoms. The third-order valence-electron chi connectivity index (χ3n) is 0.679. The largest absolute Gasteiger partial charge is 0.379 e. The molecule has 0 unspecified atom stereocenters. The van der Waals surface area contributed by atoms with Crippen LogP contribution in [0.1, 0.15) is 6.92 Å². The number of hydrogen-bond donors (Lipinski definition) is 1. The minimum absolute atomic E-state index is 1.62. The average Bonchev–Trinajstić information content (AvgIpc) is 1.89. The fraction of sp³-hybridized carbons (Fsp3) is 0.286. The number of aliphatic imine (C=N–C) groups is 1. The van der Waals surface area contributed by atoms with E-state index in [9.17, 15) is 0 Å². The van der Waals surface area contributed by atoms with E-state index in [1.54, 1.807) is 12.5 Å². The molecule has 0 aliphatic rings. The van der Waals surface area contributed by atoms with Crippen molar-refractivity contribution in [1.82, 2.24) is 5.32 Å². The molecule has 0 bridgehead atoms. The number of nitrogens with one attached hydrogen (secondary N) is 1. The number of hydrogen-bond acceptors (Lipinski definition) is 1. The highest BCUT2D eigenvalue weighted by atomic mass is 14.9. The molecule has 0 rings (SSSR count). The smallest absolute Gasteiger partial charge is 0.0876 e. The maximum absolute atomic E-state index is 3.86. The SMILES string of the molecule is C/C=C/C=C\N=C/NC. The molecular weight excluding hydrogens is 112 g/mol. The Hall–Kier alpha value is -1.05. The Balaban J connectivity index is 3.35. The first-order valence-electron chi connectivity index (χ1n) is 2.88. The minimum atomic E-state index is 1.62. The van der Waals surface area contributed by atoms with Crippen molar-refractivity contribution in [1.29, 1.82) is 0 Å². The van der Waals surface area contributed by atoms with Crippen molar-refractivity contribution in [3.8, 4) is 0 Å². The first kappa shape index (κ1) is 7.95. The van der Waals surface area contributed by atoms with Crippen LogP contribution in [0.25, 0.3) is 0 Å². The second-order valence-corrected chi connectivity index (χ2v) is 1.43. The molecule has 0 amide bonds. The van der Waals surface area contributed by atoms with Gasteiger partial charge in [0.2, 0.25) is 0 Å². The zero-order valence-electron chi connectivity index (χ0n) is 5.83. The molecule has 9 heavy (non-hydrogen) atoms. The van der Waals surface area contributed by atoms with Crippen molar-refractivity contribution in [3.63, 3.8) is 0 Å². The zero-order chi connectivity index (χ0) is 6.95. The molecule has 0 radical (unpaired) electrons. The van der Waals surface area contributed by atoms with Gasteiger partial charge in [0.05, 0.1) is 6.34 Å². The third-order valence-corrected chi connectivity index (χ3v) is 0.679. The first-order valence-corrected chi connectivity index (χ1v) is 2.88. The number of nitrogens with zero attached hydrogens (tertiary/aromatic N) is 1. The van der Waals surface area contributed by atoms with Gasteiger partial charge in [0.1, 0.15) is 0 Å². The van der Waals surface area contributed by atoms with Gasteiger partial charge in [0, 0.05) is 13.2 Å². The van der Waals surface area contributed by atoms with Crippen LogP contribution in [0.4, 0.5) is 0 Å². The van der Waals surface area contributed by atoms with Crippen LogP contribution in [0.2, 0.25) is 0 Å². The summed E-state index contributed by atoms with van der Waals surface area (Å²) in [5.41, 5.74) is 0. The summed E-state index contributed by atoms with van der Waals surface area (Å²) >= 11 is 0. The molecule has 0 aliphatic carbocycles. The van der Waals surface area contributed by atoms with Gasteiger partial charge in [-0.25, -0.2) is 4.99 Å². The summed E-state index contributed by atoms with van der Waals surface area (Å²) in [5, 5.41) is 2.78. The summed E-state index contributed by atoms with van der Waals surface area (Å²) in [6.45, 7) is 1.96. The van der Waals surface area contributed by atoms with E-state index in [-0.39, 0.29) is 0 Å². The van der Waals surface area contributed by atoms with E-state index in [4.69, 9.17) is 0 Å². The van der Waals surface area contributed by atoms with E-state index < -0.39 is 0 Å². The van der Waals surface area contributed by atoms with Crippen molar-refractivity contribution in [3.05, 3.63) is 24.4 Å². The van der Waals surface area contributed by atoms with Gasteiger partial charge >= 0.3 is 0 Å². The van der Waals surface area contributed by atoms with E-state index in [0.29, 0.717) is 0 Å². The highest BCUT2D eigenvalue weighted by molar-refractivity contribution is 5.54.